The van der Waals surface area contributed by atoms with Crippen LogP contribution in [0.25, 0.3) is 10.9 Å². The average Bonchev–Trinajstić information content (AvgIpc) is 2.60. The minimum absolute atomic E-state index is 0.120. The molecule has 2 aromatic carbocycles. The third-order valence-electron chi connectivity index (χ3n) is 3.83. The first-order valence-corrected chi connectivity index (χ1v) is 7.25. The Kier molecular flexibility index (Phi) is 4.09. The summed E-state index contributed by atoms with van der Waals surface area (Å²) in [6.45, 7) is -0.140. The fourth-order valence-electron chi connectivity index (χ4n) is 2.59. The Bertz CT molecular complexity index is 982. The summed E-state index contributed by atoms with van der Waals surface area (Å²) in [7, 11) is 1.74. The highest BCUT2D eigenvalue weighted by atomic mass is 19.1. The Morgan fingerprint density at radius 3 is 2.75 bits per heavy atom. The Labute approximate surface area is 137 Å². The Morgan fingerprint density at radius 1 is 1.29 bits per heavy atom. The topological polar surface area (TPSA) is 89.0 Å². The van der Waals surface area contributed by atoms with Gasteiger partial charge in [-0.3, -0.25) is 15.4 Å². The SMILES string of the molecule is CN(c1cccc(F)c1)c1nc(=N)n(C=N)c2cc(CO)ccc12. The maximum Gasteiger partial charge on any atom is 0.229 e. The van der Waals surface area contributed by atoms with Gasteiger partial charge in [-0.2, -0.15) is 4.98 Å². The normalized spacial score (nSPS) is 10.8. The van der Waals surface area contributed by atoms with E-state index in [1.807, 2.05) is 0 Å². The largest absolute Gasteiger partial charge is 0.392 e. The molecule has 0 spiro atoms. The van der Waals surface area contributed by atoms with Gasteiger partial charge in [-0.1, -0.05) is 12.1 Å². The van der Waals surface area contributed by atoms with Crippen LogP contribution in [0.3, 0.4) is 0 Å². The van der Waals surface area contributed by atoms with Gasteiger partial charge in [0.2, 0.25) is 5.62 Å². The van der Waals surface area contributed by atoms with Crippen LogP contribution in [0.5, 0.6) is 0 Å². The Hall–Kier alpha value is -3.06. The van der Waals surface area contributed by atoms with Gasteiger partial charge in [0, 0.05) is 18.1 Å². The number of anilines is 2. The quantitative estimate of drug-likeness (QED) is 0.508. The molecule has 0 aliphatic carbocycles. The number of rotatable bonds is 4. The number of halogens is 1. The molecule has 0 aliphatic heterocycles. The lowest BCUT2D eigenvalue weighted by Crippen LogP contribution is -2.26. The van der Waals surface area contributed by atoms with Crippen molar-refractivity contribution in [1.82, 2.24) is 9.55 Å². The minimum atomic E-state index is -0.359. The van der Waals surface area contributed by atoms with Crippen molar-refractivity contribution in [2.24, 2.45) is 0 Å². The summed E-state index contributed by atoms with van der Waals surface area (Å²) < 4.78 is 14.8. The van der Waals surface area contributed by atoms with Crippen molar-refractivity contribution in [3.05, 3.63) is 59.5 Å². The lowest BCUT2D eigenvalue weighted by Gasteiger charge is -2.21. The average molecular weight is 325 g/mol. The molecule has 0 aliphatic rings. The molecule has 3 rings (SSSR count). The molecule has 0 amide bonds. The number of aromatic nitrogens is 2. The third kappa shape index (κ3) is 2.65. The zero-order valence-electron chi connectivity index (χ0n) is 13.0. The molecule has 0 atom stereocenters. The van der Waals surface area contributed by atoms with Crippen molar-refractivity contribution >= 4 is 28.7 Å². The first kappa shape index (κ1) is 15.8. The van der Waals surface area contributed by atoms with E-state index >= 15 is 0 Å². The molecule has 3 aromatic rings. The van der Waals surface area contributed by atoms with Crippen LogP contribution in [0, 0.1) is 16.6 Å². The molecule has 7 heteroatoms. The van der Waals surface area contributed by atoms with Crippen LogP contribution in [0.1, 0.15) is 5.56 Å². The standard InChI is InChI=1S/C17H16FN5O/c1-22(13-4-2-3-12(18)8-13)16-14-6-5-11(9-24)7-15(14)23(10-19)17(20)21-16/h2-8,10,19-20,24H,9H2,1H3. The van der Waals surface area contributed by atoms with E-state index < -0.39 is 0 Å². The lowest BCUT2D eigenvalue weighted by atomic mass is 10.1. The fraction of sp³-hybridized carbons (Fsp3) is 0.118. The molecule has 0 saturated carbocycles. The molecule has 0 unspecified atom stereocenters. The van der Waals surface area contributed by atoms with Crippen LogP contribution in [0.15, 0.2) is 42.5 Å². The highest BCUT2D eigenvalue weighted by molar-refractivity contribution is 5.94. The molecule has 6 nitrogen and oxygen atoms in total. The summed E-state index contributed by atoms with van der Waals surface area (Å²) in [4.78, 5) is 5.94. The first-order valence-electron chi connectivity index (χ1n) is 7.25. The third-order valence-corrected chi connectivity index (χ3v) is 3.83. The van der Waals surface area contributed by atoms with Crippen molar-refractivity contribution in [3.8, 4) is 0 Å². The van der Waals surface area contributed by atoms with Crippen LogP contribution < -0.4 is 10.5 Å². The number of aliphatic hydroxyl groups excluding tert-OH is 1. The van der Waals surface area contributed by atoms with Crippen molar-refractivity contribution in [2.45, 2.75) is 6.61 Å². The molecule has 122 valence electrons. The number of nitrogens with zero attached hydrogens (tertiary/aromatic N) is 3. The van der Waals surface area contributed by atoms with E-state index in [0.29, 0.717) is 28.0 Å². The van der Waals surface area contributed by atoms with Gasteiger partial charge in [0.1, 0.15) is 11.6 Å². The number of hydrogen-bond acceptors (Lipinski definition) is 5. The molecule has 0 bridgehead atoms. The molecule has 0 saturated heterocycles. The van der Waals surface area contributed by atoms with Crippen LogP contribution in [0.2, 0.25) is 0 Å². The summed E-state index contributed by atoms with van der Waals surface area (Å²) in [5.41, 5.74) is 1.73. The van der Waals surface area contributed by atoms with E-state index in [0.717, 1.165) is 6.34 Å². The van der Waals surface area contributed by atoms with Crippen LogP contribution in [0.4, 0.5) is 15.9 Å². The summed E-state index contributed by atoms with van der Waals surface area (Å²) in [6, 6.07) is 11.3. The van der Waals surface area contributed by atoms with Crippen molar-refractivity contribution in [2.75, 3.05) is 11.9 Å². The summed E-state index contributed by atoms with van der Waals surface area (Å²) in [6.07, 6.45) is 1.00. The highest BCUT2D eigenvalue weighted by Gasteiger charge is 2.14. The molecule has 3 N–H and O–H groups in total. The predicted molar refractivity (Wildman–Crippen MR) is 90.2 cm³/mol. The molecular weight excluding hydrogens is 309 g/mol. The van der Waals surface area contributed by atoms with E-state index in [4.69, 9.17) is 10.8 Å². The first-order chi connectivity index (χ1) is 11.5. The number of benzene rings is 2. The summed E-state index contributed by atoms with van der Waals surface area (Å²) in [5, 5.41) is 25.6. The second-order valence-corrected chi connectivity index (χ2v) is 5.31. The highest BCUT2D eigenvalue weighted by Crippen LogP contribution is 2.28. The molecular formula is C17H16FN5O. The van der Waals surface area contributed by atoms with E-state index in [2.05, 4.69) is 4.98 Å². The van der Waals surface area contributed by atoms with Gasteiger partial charge >= 0.3 is 0 Å². The van der Waals surface area contributed by atoms with Crippen molar-refractivity contribution in [3.63, 3.8) is 0 Å². The molecule has 1 heterocycles. The smallest absolute Gasteiger partial charge is 0.229 e. The van der Waals surface area contributed by atoms with Gasteiger partial charge in [0.15, 0.2) is 0 Å². The van der Waals surface area contributed by atoms with Gasteiger partial charge in [-0.15, -0.1) is 0 Å². The summed E-state index contributed by atoms with van der Waals surface area (Å²) >= 11 is 0. The van der Waals surface area contributed by atoms with E-state index in [9.17, 15) is 9.50 Å². The van der Waals surface area contributed by atoms with Gasteiger partial charge in [-0.25, -0.2) is 4.39 Å². The Morgan fingerprint density at radius 2 is 2.08 bits per heavy atom. The van der Waals surface area contributed by atoms with Gasteiger partial charge in [0.25, 0.3) is 0 Å². The summed E-state index contributed by atoms with van der Waals surface area (Å²) in [5.74, 6) is 0.117. The van der Waals surface area contributed by atoms with Crippen LogP contribution in [-0.2, 0) is 6.61 Å². The van der Waals surface area contributed by atoms with E-state index in [1.54, 1.807) is 42.3 Å². The molecule has 0 fully saturated rings. The number of nitrogens with one attached hydrogen (secondary N) is 2. The van der Waals surface area contributed by atoms with Crippen LogP contribution in [-0.4, -0.2) is 28.0 Å². The monoisotopic (exact) mass is 325 g/mol. The zero-order valence-corrected chi connectivity index (χ0v) is 13.0. The second kappa shape index (κ2) is 6.21. The maximum absolute atomic E-state index is 13.5. The van der Waals surface area contributed by atoms with E-state index in [1.165, 1.54) is 16.7 Å². The fourth-order valence-corrected chi connectivity index (χ4v) is 2.59. The minimum Gasteiger partial charge on any atom is -0.392 e. The number of hydrogen-bond donors (Lipinski definition) is 3. The van der Waals surface area contributed by atoms with Gasteiger partial charge in [0.05, 0.1) is 18.5 Å². The second-order valence-electron chi connectivity index (χ2n) is 5.31. The number of aliphatic hydroxyl groups is 1. The number of fused-ring (bicyclic) bond motifs is 1. The predicted octanol–water partition coefficient (Wildman–Crippen LogP) is 2.37. The Balaban J connectivity index is 2.28. The molecule has 1 aromatic heterocycles. The molecule has 24 heavy (non-hydrogen) atoms. The van der Waals surface area contributed by atoms with Crippen molar-refractivity contribution in [1.29, 1.82) is 10.8 Å². The zero-order chi connectivity index (χ0) is 17.3. The lowest BCUT2D eigenvalue weighted by molar-refractivity contribution is 0.282. The van der Waals surface area contributed by atoms with Crippen LogP contribution >= 0.6 is 0 Å². The van der Waals surface area contributed by atoms with Gasteiger partial charge < -0.3 is 10.0 Å². The molecule has 0 radical (unpaired) electrons. The van der Waals surface area contributed by atoms with Gasteiger partial charge in [-0.05, 0) is 35.9 Å². The van der Waals surface area contributed by atoms with E-state index in [-0.39, 0.29) is 18.0 Å². The maximum atomic E-state index is 13.5. The van der Waals surface area contributed by atoms with Crippen molar-refractivity contribution < 1.29 is 9.50 Å².